The van der Waals surface area contributed by atoms with Crippen molar-refractivity contribution in [3.8, 4) is 5.75 Å². The van der Waals surface area contributed by atoms with E-state index in [1.807, 2.05) is 7.05 Å². The Morgan fingerprint density at radius 2 is 2.19 bits per heavy atom. The highest BCUT2D eigenvalue weighted by molar-refractivity contribution is 7.89. The molecule has 0 spiro atoms. The Labute approximate surface area is 126 Å². The first-order valence-corrected chi connectivity index (χ1v) is 8.40. The van der Waals surface area contributed by atoms with Gasteiger partial charge in [-0.3, -0.25) is 0 Å². The van der Waals surface area contributed by atoms with Crippen molar-refractivity contribution in [2.45, 2.75) is 23.8 Å². The maximum Gasteiger partial charge on any atom is 0.246 e. The van der Waals surface area contributed by atoms with Crippen LogP contribution in [0.25, 0.3) is 0 Å². The minimum absolute atomic E-state index is 0.119. The third-order valence-corrected chi connectivity index (χ3v) is 5.86. The average molecular weight is 313 g/mol. The third-order valence-electron chi connectivity index (χ3n) is 4.02. The molecule has 1 aromatic rings. The van der Waals surface area contributed by atoms with Crippen LogP contribution in [-0.4, -0.2) is 58.0 Å². The molecule has 1 aliphatic rings. The predicted octanol–water partition coefficient (Wildman–Crippen LogP) is 0.992. The van der Waals surface area contributed by atoms with Crippen LogP contribution in [-0.2, 0) is 10.0 Å². The van der Waals surface area contributed by atoms with Crippen LogP contribution in [0.2, 0.25) is 0 Å². The Morgan fingerprint density at radius 3 is 2.76 bits per heavy atom. The maximum absolute atomic E-state index is 12.7. The van der Waals surface area contributed by atoms with Crippen molar-refractivity contribution in [2.75, 3.05) is 40.0 Å². The summed E-state index contributed by atoms with van der Waals surface area (Å²) in [6, 6.07) is 4.92. The first-order chi connectivity index (χ1) is 9.86. The SMILES string of the molecule is COc1ccc(N)cc1S(=O)(=O)N(C)CC1CCCN1C. The van der Waals surface area contributed by atoms with E-state index < -0.39 is 10.0 Å². The van der Waals surface area contributed by atoms with Crippen LogP contribution in [0.4, 0.5) is 5.69 Å². The van der Waals surface area contributed by atoms with Crippen LogP contribution in [0.5, 0.6) is 5.75 Å². The molecule has 2 N–H and O–H groups in total. The van der Waals surface area contributed by atoms with Gasteiger partial charge in [-0.15, -0.1) is 0 Å². The molecule has 1 unspecified atom stereocenters. The standard InChI is InChI=1S/C14H23N3O3S/c1-16-8-4-5-12(16)10-17(2)21(18,19)14-9-11(15)6-7-13(14)20-3/h6-7,9,12H,4-5,8,10,15H2,1-3H3. The minimum Gasteiger partial charge on any atom is -0.495 e. The fourth-order valence-corrected chi connectivity index (χ4v) is 4.06. The molecule has 1 atom stereocenters. The molecule has 1 fully saturated rings. The molecule has 7 heteroatoms. The first-order valence-electron chi connectivity index (χ1n) is 6.96. The summed E-state index contributed by atoms with van der Waals surface area (Å²) in [4.78, 5) is 2.32. The number of benzene rings is 1. The van der Waals surface area contributed by atoms with Crippen LogP contribution < -0.4 is 10.5 Å². The van der Waals surface area contributed by atoms with E-state index in [1.54, 1.807) is 19.2 Å². The van der Waals surface area contributed by atoms with Gasteiger partial charge in [-0.2, -0.15) is 4.31 Å². The number of nitrogens with two attached hydrogens (primary N) is 1. The predicted molar refractivity (Wildman–Crippen MR) is 82.9 cm³/mol. The molecule has 21 heavy (non-hydrogen) atoms. The van der Waals surface area contributed by atoms with Crippen LogP contribution in [0, 0.1) is 0 Å². The lowest BCUT2D eigenvalue weighted by Crippen LogP contribution is -2.39. The van der Waals surface area contributed by atoms with Gasteiger partial charge in [0.2, 0.25) is 10.0 Å². The zero-order valence-electron chi connectivity index (χ0n) is 12.7. The zero-order chi connectivity index (χ0) is 15.6. The van der Waals surface area contributed by atoms with Gasteiger partial charge in [-0.05, 0) is 44.6 Å². The van der Waals surface area contributed by atoms with E-state index in [9.17, 15) is 8.42 Å². The van der Waals surface area contributed by atoms with Gasteiger partial charge in [-0.1, -0.05) is 0 Å². The largest absolute Gasteiger partial charge is 0.495 e. The van der Waals surface area contributed by atoms with Gasteiger partial charge in [0.25, 0.3) is 0 Å². The number of hydrogen-bond donors (Lipinski definition) is 1. The normalized spacial score (nSPS) is 20.1. The van der Waals surface area contributed by atoms with E-state index in [-0.39, 0.29) is 10.9 Å². The van der Waals surface area contributed by atoms with Crippen molar-refractivity contribution >= 4 is 15.7 Å². The number of nitrogens with zero attached hydrogens (tertiary/aromatic N) is 2. The highest BCUT2D eigenvalue weighted by Gasteiger charge is 2.30. The summed E-state index contributed by atoms with van der Waals surface area (Å²) in [6.07, 6.45) is 2.13. The van der Waals surface area contributed by atoms with Crippen molar-refractivity contribution < 1.29 is 13.2 Å². The van der Waals surface area contributed by atoms with Crippen molar-refractivity contribution in [3.05, 3.63) is 18.2 Å². The highest BCUT2D eigenvalue weighted by Crippen LogP contribution is 2.29. The van der Waals surface area contributed by atoms with E-state index in [0.717, 1.165) is 19.4 Å². The number of sulfonamides is 1. The number of methoxy groups -OCH3 is 1. The number of likely N-dealkylation sites (tertiary alicyclic amines) is 1. The maximum atomic E-state index is 12.7. The van der Waals surface area contributed by atoms with Crippen LogP contribution in [0.1, 0.15) is 12.8 Å². The van der Waals surface area contributed by atoms with Gasteiger partial charge in [0, 0.05) is 25.3 Å². The molecule has 0 aliphatic carbocycles. The Hall–Kier alpha value is -1.31. The molecule has 1 saturated heterocycles. The molecule has 0 aromatic heterocycles. The van der Waals surface area contributed by atoms with Gasteiger partial charge < -0.3 is 15.4 Å². The highest BCUT2D eigenvalue weighted by atomic mass is 32.2. The second kappa shape index (κ2) is 6.21. The molecule has 2 rings (SSSR count). The van der Waals surface area contributed by atoms with E-state index >= 15 is 0 Å². The minimum atomic E-state index is -3.61. The van der Waals surface area contributed by atoms with Crippen molar-refractivity contribution in [1.82, 2.24) is 9.21 Å². The quantitative estimate of drug-likeness (QED) is 0.821. The van der Waals surface area contributed by atoms with Crippen molar-refractivity contribution in [1.29, 1.82) is 0 Å². The Bertz CT molecular complexity index is 603. The summed E-state index contributed by atoms with van der Waals surface area (Å²) in [5.74, 6) is 0.316. The van der Waals surface area contributed by atoms with E-state index in [2.05, 4.69) is 4.90 Å². The number of ether oxygens (including phenoxy) is 1. The fraction of sp³-hybridized carbons (Fsp3) is 0.571. The lowest BCUT2D eigenvalue weighted by atomic mass is 10.2. The third kappa shape index (κ3) is 3.30. The number of rotatable bonds is 5. The van der Waals surface area contributed by atoms with E-state index in [0.29, 0.717) is 18.0 Å². The summed E-state index contributed by atoms with van der Waals surface area (Å²) < 4.78 is 32.0. The molecule has 0 radical (unpaired) electrons. The Balaban J connectivity index is 2.26. The fourth-order valence-electron chi connectivity index (χ4n) is 2.67. The first kappa shape index (κ1) is 16.1. The van der Waals surface area contributed by atoms with Crippen molar-refractivity contribution in [3.63, 3.8) is 0 Å². The molecular weight excluding hydrogens is 290 g/mol. The molecule has 6 nitrogen and oxygen atoms in total. The number of hydrogen-bond acceptors (Lipinski definition) is 5. The molecule has 0 bridgehead atoms. The Morgan fingerprint density at radius 1 is 1.48 bits per heavy atom. The average Bonchev–Trinajstić information content (AvgIpc) is 2.84. The summed E-state index contributed by atoms with van der Waals surface area (Å²) in [5, 5.41) is 0. The van der Waals surface area contributed by atoms with Gasteiger partial charge in [-0.25, -0.2) is 8.42 Å². The molecule has 1 aliphatic heterocycles. The van der Waals surface area contributed by atoms with Gasteiger partial charge in [0.05, 0.1) is 7.11 Å². The summed E-state index contributed by atoms with van der Waals surface area (Å²) in [7, 11) is 1.47. The summed E-state index contributed by atoms with van der Waals surface area (Å²) in [5.41, 5.74) is 6.12. The van der Waals surface area contributed by atoms with Gasteiger partial charge in [0.15, 0.2) is 0 Å². The second-order valence-electron chi connectivity index (χ2n) is 5.47. The summed E-state index contributed by atoms with van der Waals surface area (Å²) >= 11 is 0. The molecular formula is C14H23N3O3S. The molecule has 1 aromatic carbocycles. The van der Waals surface area contributed by atoms with Crippen LogP contribution in [0.3, 0.4) is 0 Å². The van der Waals surface area contributed by atoms with E-state index in [1.165, 1.54) is 17.5 Å². The van der Waals surface area contributed by atoms with E-state index in [4.69, 9.17) is 10.5 Å². The smallest absolute Gasteiger partial charge is 0.246 e. The molecule has 0 saturated carbocycles. The van der Waals surface area contributed by atoms with Gasteiger partial charge in [0.1, 0.15) is 10.6 Å². The molecule has 1 heterocycles. The topological polar surface area (TPSA) is 75.9 Å². The van der Waals surface area contributed by atoms with Crippen LogP contribution >= 0.6 is 0 Å². The van der Waals surface area contributed by atoms with Crippen molar-refractivity contribution in [2.24, 2.45) is 0 Å². The number of likely N-dealkylation sites (N-methyl/N-ethyl adjacent to an activating group) is 2. The molecule has 118 valence electrons. The lowest BCUT2D eigenvalue weighted by molar-refractivity contribution is 0.270. The zero-order valence-corrected chi connectivity index (χ0v) is 13.6. The van der Waals surface area contributed by atoms with Crippen LogP contribution in [0.15, 0.2) is 23.1 Å². The summed E-state index contributed by atoms with van der Waals surface area (Å²) in [6.45, 7) is 1.48. The van der Waals surface area contributed by atoms with Gasteiger partial charge >= 0.3 is 0 Å². The number of anilines is 1. The molecule has 0 amide bonds. The number of nitrogen functional groups attached to an aromatic ring is 1. The Kier molecular flexibility index (Phi) is 4.75. The second-order valence-corrected chi connectivity index (χ2v) is 7.49. The monoisotopic (exact) mass is 313 g/mol. The lowest BCUT2D eigenvalue weighted by Gasteiger charge is -2.26.